The molecule has 98 valence electrons. The van der Waals surface area contributed by atoms with Crippen LogP contribution in [0.2, 0.25) is 0 Å². The molecule has 1 rings (SSSR count). The van der Waals surface area contributed by atoms with E-state index in [0.717, 1.165) is 19.4 Å². The van der Waals surface area contributed by atoms with E-state index in [-0.39, 0.29) is 6.17 Å². The van der Waals surface area contributed by atoms with Gasteiger partial charge in [0, 0.05) is 4.83 Å². The molecule has 0 aromatic rings. The number of thioether (sulfide) groups is 1. The number of ether oxygens (including phenoxy) is 1. The quantitative estimate of drug-likeness (QED) is 0.463. The lowest BCUT2D eigenvalue weighted by Crippen LogP contribution is -2.39. The van der Waals surface area contributed by atoms with Crippen LogP contribution in [-0.2, 0) is 4.74 Å². The van der Waals surface area contributed by atoms with Crippen molar-refractivity contribution in [1.29, 1.82) is 0 Å². The van der Waals surface area contributed by atoms with Gasteiger partial charge in [0.1, 0.15) is 6.17 Å². The van der Waals surface area contributed by atoms with Crippen LogP contribution in [0.3, 0.4) is 0 Å². The number of rotatable bonds is 2. The molecule has 2 unspecified atom stereocenters. The van der Waals surface area contributed by atoms with E-state index in [0.29, 0.717) is 16.6 Å². The van der Waals surface area contributed by atoms with Gasteiger partial charge in [0.2, 0.25) is 0 Å². The van der Waals surface area contributed by atoms with E-state index in [4.69, 9.17) is 4.74 Å². The maximum atomic E-state index is 11.3. The monoisotopic (exact) mass is 323 g/mol. The molecule has 5 nitrogen and oxygen atoms in total. The predicted molar refractivity (Wildman–Crippen MR) is 74.8 cm³/mol. The van der Waals surface area contributed by atoms with Crippen molar-refractivity contribution in [2.45, 2.75) is 30.8 Å². The molecule has 1 aliphatic rings. The molecule has 0 spiro atoms. The van der Waals surface area contributed by atoms with Gasteiger partial charge in [-0.15, -0.1) is 0 Å². The fraction of sp³-hybridized carbons (Fsp3) is 0.800. The molecule has 7 heteroatoms. The average molecular weight is 324 g/mol. The number of piperidine rings is 1. The number of hydrogen-bond donors (Lipinski definition) is 2. The summed E-state index contributed by atoms with van der Waals surface area (Å²) in [6, 6.07) is 0. The van der Waals surface area contributed by atoms with Crippen molar-refractivity contribution in [3.63, 3.8) is 0 Å². The first-order valence-corrected chi connectivity index (χ1v) is 7.72. The second kappa shape index (κ2) is 7.94. The Morgan fingerprint density at radius 1 is 1.71 bits per heavy atom. The third-order valence-electron chi connectivity index (χ3n) is 2.27. The van der Waals surface area contributed by atoms with Gasteiger partial charge in [-0.2, -0.15) is 0 Å². The summed E-state index contributed by atoms with van der Waals surface area (Å²) in [4.78, 5) is 16.2. The maximum absolute atomic E-state index is 11.3. The van der Waals surface area contributed by atoms with Gasteiger partial charge in [-0.25, -0.2) is 9.79 Å². The number of halogens is 1. The van der Waals surface area contributed by atoms with E-state index in [1.54, 1.807) is 6.92 Å². The van der Waals surface area contributed by atoms with Crippen molar-refractivity contribution in [3.05, 3.63) is 0 Å². The Labute approximate surface area is 114 Å². The lowest BCUT2D eigenvalue weighted by molar-refractivity contribution is 0.158. The molecule has 0 aromatic carbocycles. The fourth-order valence-corrected chi connectivity index (χ4v) is 2.48. The summed E-state index contributed by atoms with van der Waals surface area (Å²) >= 11 is 4.99. The second-order valence-corrected chi connectivity index (χ2v) is 5.67. The molecule has 1 fully saturated rings. The predicted octanol–water partition coefficient (Wildman–Crippen LogP) is 1.92. The van der Waals surface area contributed by atoms with E-state index in [2.05, 4.69) is 31.6 Å². The first-order chi connectivity index (χ1) is 8.15. The molecule has 0 saturated carbocycles. The number of alkyl halides is 1. The van der Waals surface area contributed by atoms with Crippen LogP contribution in [0.25, 0.3) is 0 Å². The molecule has 1 amide bonds. The molecule has 2 atom stereocenters. The molecule has 17 heavy (non-hydrogen) atoms. The third kappa shape index (κ3) is 5.74. The molecular weight excluding hydrogens is 306 g/mol. The maximum Gasteiger partial charge on any atom is 0.413 e. The van der Waals surface area contributed by atoms with Crippen molar-refractivity contribution in [2.75, 3.05) is 19.4 Å². The number of nitrogens with one attached hydrogen (secondary N) is 2. The Hall–Kier alpha value is -0.270. The fourth-order valence-electron chi connectivity index (χ4n) is 1.48. The van der Waals surface area contributed by atoms with Gasteiger partial charge in [0.25, 0.3) is 0 Å². The Morgan fingerprint density at radius 2 is 2.47 bits per heavy atom. The first-order valence-electron chi connectivity index (χ1n) is 5.58. The van der Waals surface area contributed by atoms with Gasteiger partial charge in [0.15, 0.2) is 5.17 Å². The normalized spacial score (nSPS) is 25.5. The number of alkyl carbamates (subject to hydrolysis) is 1. The highest BCUT2D eigenvalue weighted by molar-refractivity contribution is 9.09. The van der Waals surface area contributed by atoms with E-state index < -0.39 is 6.09 Å². The molecule has 1 aliphatic heterocycles. The second-order valence-electron chi connectivity index (χ2n) is 3.58. The minimum Gasteiger partial charge on any atom is -0.450 e. The molecule has 0 radical (unpaired) electrons. The summed E-state index contributed by atoms with van der Waals surface area (Å²) in [5.74, 6) is 0. The van der Waals surface area contributed by atoms with Crippen LogP contribution in [0.4, 0.5) is 4.79 Å². The van der Waals surface area contributed by atoms with Crippen molar-refractivity contribution < 1.29 is 9.53 Å². The molecular formula is C10H18BrN3O2S. The third-order valence-corrected chi connectivity index (χ3v) is 3.69. The molecule has 2 N–H and O–H groups in total. The molecule has 0 aromatic heterocycles. The highest BCUT2D eigenvalue weighted by atomic mass is 79.9. The van der Waals surface area contributed by atoms with Crippen molar-refractivity contribution in [3.8, 4) is 0 Å². The summed E-state index contributed by atoms with van der Waals surface area (Å²) in [5, 5.41) is 6.51. The molecule has 0 aliphatic carbocycles. The van der Waals surface area contributed by atoms with Crippen LogP contribution in [-0.4, -0.2) is 41.7 Å². The highest BCUT2D eigenvalue weighted by Crippen LogP contribution is 2.17. The summed E-state index contributed by atoms with van der Waals surface area (Å²) in [6.45, 7) is 3.07. The van der Waals surface area contributed by atoms with E-state index in [9.17, 15) is 4.79 Å². The van der Waals surface area contributed by atoms with Gasteiger partial charge in [0.05, 0.1) is 6.61 Å². The summed E-state index contributed by atoms with van der Waals surface area (Å²) in [6.07, 6.45) is 3.50. The highest BCUT2D eigenvalue weighted by Gasteiger charge is 2.19. The number of carbonyl (C=O) groups is 1. The lowest BCUT2D eigenvalue weighted by Gasteiger charge is -2.24. The number of amides is 1. The van der Waals surface area contributed by atoms with E-state index in [1.165, 1.54) is 11.8 Å². The first kappa shape index (κ1) is 14.8. The minimum atomic E-state index is -0.452. The summed E-state index contributed by atoms with van der Waals surface area (Å²) < 4.78 is 4.81. The minimum absolute atomic E-state index is 0.0532. The van der Waals surface area contributed by atoms with Crippen LogP contribution in [0.1, 0.15) is 19.8 Å². The zero-order valence-corrected chi connectivity index (χ0v) is 12.4. The lowest BCUT2D eigenvalue weighted by atomic mass is 10.1. The largest absolute Gasteiger partial charge is 0.450 e. The van der Waals surface area contributed by atoms with Crippen LogP contribution in [0.5, 0.6) is 0 Å². The van der Waals surface area contributed by atoms with Crippen LogP contribution >= 0.6 is 27.7 Å². The van der Waals surface area contributed by atoms with Crippen LogP contribution < -0.4 is 10.6 Å². The Balaban J connectivity index is 2.50. The zero-order chi connectivity index (χ0) is 12.7. The number of nitrogens with zero attached hydrogens (tertiary/aromatic N) is 1. The van der Waals surface area contributed by atoms with E-state index in [1.807, 2.05) is 6.26 Å². The van der Waals surface area contributed by atoms with Gasteiger partial charge < -0.3 is 4.74 Å². The standard InChI is InChI=1S/C10H18BrN3O2S/c1-3-16-10(15)14-9(17-2)13-8-6-7(11)4-5-12-8/h7-8,12H,3-6H2,1-2H3,(H,13,14,15). The Morgan fingerprint density at radius 3 is 3.06 bits per heavy atom. The smallest absolute Gasteiger partial charge is 0.413 e. The number of carbonyl (C=O) groups excluding carboxylic acids is 1. The van der Waals surface area contributed by atoms with E-state index >= 15 is 0 Å². The van der Waals surface area contributed by atoms with Gasteiger partial charge in [-0.3, -0.25) is 10.6 Å². The zero-order valence-electron chi connectivity index (χ0n) is 10.0. The van der Waals surface area contributed by atoms with Gasteiger partial charge in [-0.1, -0.05) is 27.7 Å². The Bertz CT molecular complexity index is 289. The SMILES string of the molecule is CCOC(=O)NC(=NC1CC(Br)CCN1)SC. The summed E-state index contributed by atoms with van der Waals surface area (Å²) in [7, 11) is 0. The molecule has 1 saturated heterocycles. The number of amidine groups is 1. The van der Waals surface area contributed by atoms with Gasteiger partial charge >= 0.3 is 6.09 Å². The van der Waals surface area contributed by atoms with Crippen molar-refractivity contribution in [1.82, 2.24) is 10.6 Å². The number of aliphatic imine (C=N–C) groups is 1. The average Bonchev–Trinajstić information content (AvgIpc) is 2.28. The summed E-state index contributed by atoms with van der Waals surface area (Å²) in [5.41, 5.74) is 0. The van der Waals surface area contributed by atoms with Crippen LogP contribution in [0, 0.1) is 0 Å². The van der Waals surface area contributed by atoms with Crippen molar-refractivity contribution >= 4 is 39.0 Å². The molecule has 1 heterocycles. The van der Waals surface area contributed by atoms with Gasteiger partial charge in [-0.05, 0) is 32.6 Å². The Kier molecular flexibility index (Phi) is 6.91. The van der Waals surface area contributed by atoms with Crippen LogP contribution in [0.15, 0.2) is 4.99 Å². The number of hydrogen-bond acceptors (Lipinski definition) is 5. The van der Waals surface area contributed by atoms with Crippen molar-refractivity contribution in [2.24, 2.45) is 4.99 Å². The molecule has 0 bridgehead atoms. The topological polar surface area (TPSA) is 62.7 Å².